The number of para-hydroxylation sites is 1. The van der Waals surface area contributed by atoms with Gasteiger partial charge in [0.25, 0.3) is 0 Å². The van der Waals surface area contributed by atoms with Crippen LogP contribution in [0.2, 0.25) is 0 Å². The summed E-state index contributed by atoms with van der Waals surface area (Å²) in [5.74, 6) is 0.221. The molecule has 1 atom stereocenters. The third-order valence-electron chi connectivity index (χ3n) is 7.89. The van der Waals surface area contributed by atoms with Gasteiger partial charge in [0.1, 0.15) is 0 Å². The second kappa shape index (κ2) is 10.1. The molecule has 3 heterocycles. The number of benzene rings is 2. The SMILES string of the molecule is CN1CCN(c2ccccc2C[C@@H]2CCCN(c3ccc(C4(O)CCOCC4)cc3)C2=O)CC1. The van der Waals surface area contributed by atoms with Crippen LogP contribution in [0.1, 0.15) is 36.8 Å². The van der Waals surface area contributed by atoms with Crippen LogP contribution < -0.4 is 9.80 Å². The highest BCUT2D eigenvalue weighted by Crippen LogP contribution is 2.35. The number of anilines is 2. The normalized spacial score (nSPS) is 23.8. The van der Waals surface area contributed by atoms with Crippen LogP contribution in [0.5, 0.6) is 0 Å². The molecule has 3 saturated heterocycles. The highest BCUT2D eigenvalue weighted by Gasteiger charge is 2.33. The molecule has 5 rings (SSSR count). The van der Waals surface area contributed by atoms with Crippen molar-refractivity contribution in [3.63, 3.8) is 0 Å². The first-order valence-corrected chi connectivity index (χ1v) is 12.8. The van der Waals surface area contributed by atoms with E-state index in [1.165, 1.54) is 11.3 Å². The lowest BCUT2D eigenvalue weighted by Crippen LogP contribution is -2.45. The van der Waals surface area contributed by atoms with Crippen LogP contribution in [0.4, 0.5) is 11.4 Å². The third-order valence-corrected chi connectivity index (χ3v) is 7.89. The third kappa shape index (κ3) is 4.85. The lowest BCUT2D eigenvalue weighted by atomic mass is 9.86. The molecule has 3 fully saturated rings. The molecule has 6 heteroatoms. The van der Waals surface area contributed by atoms with Gasteiger partial charge in [0.05, 0.1) is 5.60 Å². The summed E-state index contributed by atoms with van der Waals surface area (Å²) in [6.07, 6.45) is 3.96. The Morgan fingerprint density at radius 3 is 2.41 bits per heavy atom. The van der Waals surface area contributed by atoms with Crippen LogP contribution in [0.25, 0.3) is 0 Å². The first kappa shape index (κ1) is 23.3. The van der Waals surface area contributed by atoms with Crippen LogP contribution in [0.15, 0.2) is 48.5 Å². The number of nitrogens with zero attached hydrogens (tertiary/aromatic N) is 3. The van der Waals surface area contributed by atoms with Crippen LogP contribution in [-0.2, 0) is 21.6 Å². The second-order valence-electron chi connectivity index (χ2n) is 10.1. The molecule has 2 aromatic carbocycles. The molecule has 3 aliphatic rings. The zero-order chi connectivity index (χ0) is 23.5. The number of rotatable bonds is 5. The molecule has 182 valence electrons. The highest BCUT2D eigenvalue weighted by atomic mass is 16.5. The largest absolute Gasteiger partial charge is 0.385 e. The van der Waals surface area contributed by atoms with Gasteiger partial charge in [-0.1, -0.05) is 30.3 Å². The fraction of sp³-hybridized carbons (Fsp3) is 0.536. The van der Waals surface area contributed by atoms with Crippen molar-refractivity contribution in [2.75, 3.05) is 62.8 Å². The first-order chi connectivity index (χ1) is 16.5. The topological polar surface area (TPSA) is 56.3 Å². The van der Waals surface area contributed by atoms with Gasteiger partial charge in [0, 0.05) is 76.1 Å². The Kier molecular flexibility index (Phi) is 6.91. The Hall–Kier alpha value is -2.41. The Morgan fingerprint density at radius 2 is 1.68 bits per heavy atom. The summed E-state index contributed by atoms with van der Waals surface area (Å²) in [7, 11) is 2.18. The van der Waals surface area contributed by atoms with Crippen LogP contribution >= 0.6 is 0 Å². The molecule has 0 bridgehead atoms. The number of hydrogen-bond donors (Lipinski definition) is 1. The number of piperazine rings is 1. The van der Waals surface area contributed by atoms with Crippen molar-refractivity contribution in [1.82, 2.24) is 4.90 Å². The summed E-state index contributed by atoms with van der Waals surface area (Å²) < 4.78 is 5.41. The van der Waals surface area contributed by atoms with Gasteiger partial charge in [-0.05, 0) is 55.6 Å². The molecule has 34 heavy (non-hydrogen) atoms. The van der Waals surface area contributed by atoms with E-state index in [0.29, 0.717) is 26.1 Å². The minimum absolute atomic E-state index is 0.00159. The average molecular weight is 464 g/mol. The van der Waals surface area contributed by atoms with E-state index < -0.39 is 5.60 Å². The van der Waals surface area contributed by atoms with Crippen LogP contribution in [0.3, 0.4) is 0 Å². The predicted molar refractivity (Wildman–Crippen MR) is 135 cm³/mol. The molecule has 1 N–H and O–H groups in total. The number of carbonyl (C=O) groups excluding carboxylic acids is 1. The predicted octanol–water partition coefficient (Wildman–Crippen LogP) is 3.42. The van der Waals surface area contributed by atoms with Crippen LogP contribution in [0, 0.1) is 5.92 Å². The van der Waals surface area contributed by atoms with Gasteiger partial charge >= 0.3 is 0 Å². The first-order valence-electron chi connectivity index (χ1n) is 12.8. The fourth-order valence-corrected chi connectivity index (χ4v) is 5.65. The zero-order valence-corrected chi connectivity index (χ0v) is 20.3. The summed E-state index contributed by atoms with van der Waals surface area (Å²) in [6.45, 7) is 6.13. The summed E-state index contributed by atoms with van der Waals surface area (Å²) in [5.41, 5.74) is 3.60. The minimum atomic E-state index is -0.821. The van der Waals surface area contributed by atoms with E-state index in [4.69, 9.17) is 4.74 Å². The van der Waals surface area contributed by atoms with Gasteiger partial charge in [-0.2, -0.15) is 0 Å². The molecule has 0 unspecified atom stereocenters. The lowest BCUT2D eigenvalue weighted by Gasteiger charge is -2.37. The van der Waals surface area contributed by atoms with Gasteiger partial charge in [-0.3, -0.25) is 4.79 Å². The Labute approximate surface area is 203 Å². The molecule has 0 aromatic heterocycles. The summed E-state index contributed by atoms with van der Waals surface area (Å²) in [4.78, 5) is 20.3. The number of carbonyl (C=O) groups is 1. The Morgan fingerprint density at radius 1 is 0.971 bits per heavy atom. The smallest absolute Gasteiger partial charge is 0.230 e. The lowest BCUT2D eigenvalue weighted by molar-refractivity contribution is -0.123. The number of hydrogen-bond acceptors (Lipinski definition) is 5. The summed E-state index contributed by atoms with van der Waals surface area (Å²) in [5, 5.41) is 11.0. The van der Waals surface area contributed by atoms with Crippen molar-refractivity contribution in [1.29, 1.82) is 0 Å². The molecule has 1 amide bonds. The van der Waals surface area contributed by atoms with Gasteiger partial charge in [-0.25, -0.2) is 0 Å². The van der Waals surface area contributed by atoms with Gasteiger partial charge in [-0.15, -0.1) is 0 Å². The van der Waals surface area contributed by atoms with E-state index in [1.54, 1.807) is 0 Å². The number of piperidine rings is 1. The molecule has 0 aliphatic carbocycles. The molecule has 0 saturated carbocycles. The second-order valence-corrected chi connectivity index (χ2v) is 10.1. The van der Waals surface area contributed by atoms with Crippen molar-refractivity contribution in [2.45, 2.75) is 37.7 Å². The van der Waals surface area contributed by atoms with E-state index in [2.05, 4.69) is 41.1 Å². The maximum absolute atomic E-state index is 13.6. The van der Waals surface area contributed by atoms with E-state index >= 15 is 0 Å². The minimum Gasteiger partial charge on any atom is -0.385 e. The van der Waals surface area contributed by atoms with Crippen molar-refractivity contribution in [3.05, 3.63) is 59.7 Å². The van der Waals surface area contributed by atoms with E-state index in [0.717, 1.165) is 63.2 Å². The summed E-state index contributed by atoms with van der Waals surface area (Å²) >= 11 is 0. The maximum Gasteiger partial charge on any atom is 0.230 e. The van der Waals surface area contributed by atoms with E-state index in [1.807, 2.05) is 29.2 Å². The number of aliphatic hydroxyl groups is 1. The van der Waals surface area contributed by atoms with Gasteiger partial charge in [0.15, 0.2) is 0 Å². The molecule has 2 aromatic rings. The summed E-state index contributed by atoms with van der Waals surface area (Å²) in [6, 6.07) is 16.6. The van der Waals surface area contributed by atoms with Crippen molar-refractivity contribution < 1.29 is 14.6 Å². The van der Waals surface area contributed by atoms with E-state index in [-0.39, 0.29) is 11.8 Å². The molecule has 6 nitrogen and oxygen atoms in total. The molecular formula is C28H37N3O3. The molecule has 3 aliphatic heterocycles. The fourth-order valence-electron chi connectivity index (χ4n) is 5.65. The Balaban J connectivity index is 1.29. The Bertz CT molecular complexity index is 979. The maximum atomic E-state index is 13.6. The quantitative estimate of drug-likeness (QED) is 0.736. The van der Waals surface area contributed by atoms with Crippen LogP contribution in [-0.4, -0.2) is 68.9 Å². The van der Waals surface area contributed by atoms with Gasteiger partial charge in [0.2, 0.25) is 5.91 Å². The van der Waals surface area contributed by atoms with Gasteiger partial charge < -0.3 is 24.5 Å². The average Bonchev–Trinajstić information content (AvgIpc) is 2.87. The standard InChI is InChI=1S/C28H37N3O3/c1-29-15-17-30(18-16-29)26-7-3-2-5-22(26)21-23-6-4-14-31(27(23)32)25-10-8-24(9-11-25)28(33)12-19-34-20-13-28/h2-3,5,7-11,23,33H,4,6,12-21H2,1H3/t23-/m0/s1. The van der Waals surface area contributed by atoms with Crippen molar-refractivity contribution >= 4 is 17.3 Å². The molecule has 0 spiro atoms. The molecular weight excluding hydrogens is 426 g/mol. The molecule has 0 radical (unpaired) electrons. The van der Waals surface area contributed by atoms with Crippen molar-refractivity contribution in [2.24, 2.45) is 5.92 Å². The van der Waals surface area contributed by atoms with E-state index in [9.17, 15) is 9.90 Å². The number of ether oxygens (including phenoxy) is 1. The van der Waals surface area contributed by atoms with Crippen molar-refractivity contribution in [3.8, 4) is 0 Å². The monoisotopic (exact) mass is 463 g/mol. The zero-order valence-electron chi connectivity index (χ0n) is 20.3. The number of likely N-dealkylation sites (N-methyl/N-ethyl adjacent to an activating group) is 1. The highest BCUT2D eigenvalue weighted by molar-refractivity contribution is 5.96. The number of amides is 1.